The number of thiophene rings is 1. The third-order valence-electron chi connectivity index (χ3n) is 4.92. The fourth-order valence-corrected chi connectivity index (χ4v) is 4.43. The molecule has 0 N–H and O–H groups in total. The molecule has 1 aromatic heterocycles. The molecule has 3 heterocycles. The molecule has 5 heteroatoms. The van der Waals surface area contributed by atoms with E-state index in [0.717, 1.165) is 26.1 Å². The molecule has 4 rings (SSSR count). The number of morpholine rings is 1. The Bertz CT molecular complexity index is 700. The van der Waals surface area contributed by atoms with E-state index in [9.17, 15) is 4.79 Å². The van der Waals surface area contributed by atoms with Crippen LogP contribution in [0.15, 0.2) is 41.8 Å². The number of carbonyl (C=O) groups is 1. The summed E-state index contributed by atoms with van der Waals surface area (Å²) in [7, 11) is 0. The lowest BCUT2D eigenvalue weighted by molar-refractivity contribution is -0.135. The monoisotopic (exact) mass is 342 g/mol. The number of nitrogens with zero attached hydrogens (tertiary/aromatic N) is 2. The van der Waals surface area contributed by atoms with Crippen LogP contribution in [0.1, 0.15) is 22.0 Å². The summed E-state index contributed by atoms with van der Waals surface area (Å²) in [5.41, 5.74) is 2.55. The van der Waals surface area contributed by atoms with E-state index in [1.54, 1.807) is 0 Å². The highest BCUT2D eigenvalue weighted by atomic mass is 32.1. The van der Waals surface area contributed by atoms with Crippen LogP contribution in [-0.4, -0.2) is 48.6 Å². The molecule has 0 spiro atoms. The summed E-state index contributed by atoms with van der Waals surface area (Å²) < 4.78 is 5.66. The molecular formula is C19H22N2O2S. The molecule has 2 aliphatic rings. The van der Waals surface area contributed by atoms with Crippen molar-refractivity contribution in [3.8, 4) is 0 Å². The van der Waals surface area contributed by atoms with Crippen molar-refractivity contribution >= 4 is 17.2 Å². The van der Waals surface area contributed by atoms with Crippen LogP contribution in [0.4, 0.5) is 0 Å². The summed E-state index contributed by atoms with van der Waals surface area (Å²) in [5, 5.41) is 2.13. The van der Waals surface area contributed by atoms with Gasteiger partial charge < -0.3 is 9.64 Å². The van der Waals surface area contributed by atoms with Gasteiger partial charge in [0.05, 0.1) is 25.8 Å². The fourth-order valence-electron chi connectivity index (χ4n) is 3.54. The van der Waals surface area contributed by atoms with Crippen LogP contribution in [-0.2, 0) is 22.5 Å². The molecule has 1 atom stereocenters. The van der Waals surface area contributed by atoms with Gasteiger partial charge in [-0.3, -0.25) is 9.69 Å². The average molecular weight is 342 g/mol. The summed E-state index contributed by atoms with van der Waals surface area (Å²) in [6.45, 7) is 4.24. The van der Waals surface area contributed by atoms with Crippen molar-refractivity contribution in [1.29, 1.82) is 0 Å². The molecule has 0 bridgehead atoms. The van der Waals surface area contributed by atoms with E-state index in [-0.39, 0.29) is 11.9 Å². The number of benzene rings is 1. The Hall–Kier alpha value is -1.69. The Morgan fingerprint density at radius 1 is 1.21 bits per heavy atom. The van der Waals surface area contributed by atoms with E-state index in [0.29, 0.717) is 19.8 Å². The minimum absolute atomic E-state index is 0.172. The first-order chi connectivity index (χ1) is 11.8. The molecule has 2 aliphatic heterocycles. The molecule has 0 unspecified atom stereocenters. The number of hydrogen-bond acceptors (Lipinski definition) is 4. The number of carbonyl (C=O) groups excluding carboxylic acids is 1. The fraction of sp³-hybridized carbons (Fsp3) is 0.421. The van der Waals surface area contributed by atoms with Crippen LogP contribution < -0.4 is 0 Å². The van der Waals surface area contributed by atoms with Gasteiger partial charge in [-0.05, 0) is 29.0 Å². The van der Waals surface area contributed by atoms with Gasteiger partial charge in [0, 0.05) is 24.5 Å². The van der Waals surface area contributed by atoms with E-state index in [1.807, 2.05) is 34.4 Å². The van der Waals surface area contributed by atoms with Gasteiger partial charge in [-0.1, -0.05) is 30.3 Å². The maximum Gasteiger partial charge on any atom is 0.237 e. The molecule has 4 nitrogen and oxygen atoms in total. The van der Waals surface area contributed by atoms with E-state index < -0.39 is 0 Å². The number of fused-ring (bicyclic) bond motifs is 1. The van der Waals surface area contributed by atoms with Crippen LogP contribution >= 0.6 is 11.3 Å². The second kappa shape index (κ2) is 7.05. The lowest BCUT2D eigenvalue weighted by atomic mass is 10.0. The standard InChI is InChI=1S/C19H22N2O2S/c22-19(21-8-6-18-16(12-21)7-11-24-18)13-20-9-10-23-14-17(20)15-4-2-1-3-5-15/h1-5,7,11,17H,6,8-10,12-14H2/t17-/m1/s1. The second-order valence-electron chi connectivity index (χ2n) is 6.41. The van der Waals surface area contributed by atoms with Crippen molar-refractivity contribution in [2.45, 2.75) is 19.0 Å². The first kappa shape index (κ1) is 15.8. The maximum atomic E-state index is 12.8. The normalized spacial score (nSPS) is 21.5. The molecule has 0 aliphatic carbocycles. The van der Waals surface area contributed by atoms with E-state index in [4.69, 9.17) is 4.74 Å². The topological polar surface area (TPSA) is 32.8 Å². The molecule has 126 valence electrons. The highest BCUT2D eigenvalue weighted by Gasteiger charge is 2.29. The van der Waals surface area contributed by atoms with Gasteiger partial charge in [-0.2, -0.15) is 0 Å². The summed E-state index contributed by atoms with van der Waals surface area (Å²) in [5.74, 6) is 0.231. The van der Waals surface area contributed by atoms with Crippen LogP contribution in [0.3, 0.4) is 0 Å². The van der Waals surface area contributed by atoms with Crippen molar-refractivity contribution in [1.82, 2.24) is 9.80 Å². The Morgan fingerprint density at radius 3 is 2.96 bits per heavy atom. The van der Waals surface area contributed by atoms with Gasteiger partial charge in [-0.15, -0.1) is 11.3 Å². The smallest absolute Gasteiger partial charge is 0.237 e. The largest absolute Gasteiger partial charge is 0.378 e. The molecule has 1 saturated heterocycles. The van der Waals surface area contributed by atoms with Gasteiger partial charge in [0.15, 0.2) is 0 Å². The van der Waals surface area contributed by atoms with Crippen molar-refractivity contribution in [3.05, 3.63) is 57.8 Å². The summed E-state index contributed by atoms with van der Waals surface area (Å²) in [6.07, 6.45) is 0.990. The third-order valence-corrected chi connectivity index (χ3v) is 5.95. The van der Waals surface area contributed by atoms with Gasteiger partial charge in [-0.25, -0.2) is 0 Å². The Labute approximate surface area is 146 Å². The quantitative estimate of drug-likeness (QED) is 0.860. The zero-order valence-electron chi connectivity index (χ0n) is 13.7. The molecule has 1 aromatic carbocycles. The minimum Gasteiger partial charge on any atom is -0.378 e. The summed E-state index contributed by atoms with van der Waals surface area (Å²) in [4.78, 5) is 18.5. The Morgan fingerprint density at radius 2 is 2.08 bits per heavy atom. The lowest BCUT2D eigenvalue weighted by Crippen LogP contribution is -2.47. The van der Waals surface area contributed by atoms with Crippen molar-refractivity contribution in [2.75, 3.05) is 32.8 Å². The first-order valence-corrected chi connectivity index (χ1v) is 9.39. The van der Waals surface area contributed by atoms with Crippen molar-refractivity contribution in [3.63, 3.8) is 0 Å². The third kappa shape index (κ3) is 3.24. The summed E-state index contributed by atoms with van der Waals surface area (Å²) in [6, 6.07) is 12.7. The SMILES string of the molecule is O=C(CN1CCOC[C@@H]1c1ccccc1)N1CCc2sccc2C1. The summed E-state index contributed by atoms with van der Waals surface area (Å²) >= 11 is 1.81. The zero-order chi connectivity index (χ0) is 16.4. The van der Waals surface area contributed by atoms with Gasteiger partial charge >= 0.3 is 0 Å². The molecule has 0 radical (unpaired) electrons. The number of rotatable bonds is 3. The Balaban J connectivity index is 1.44. The van der Waals surface area contributed by atoms with E-state index in [1.165, 1.54) is 16.0 Å². The molecule has 1 amide bonds. The molecule has 2 aromatic rings. The maximum absolute atomic E-state index is 12.8. The van der Waals surface area contributed by atoms with Crippen LogP contribution in [0, 0.1) is 0 Å². The van der Waals surface area contributed by atoms with Gasteiger partial charge in [0.1, 0.15) is 0 Å². The average Bonchev–Trinajstić information content (AvgIpc) is 3.10. The van der Waals surface area contributed by atoms with Crippen molar-refractivity contribution < 1.29 is 9.53 Å². The van der Waals surface area contributed by atoms with Crippen LogP contribution in [0.2, 0.25) is 0 Å². The predicted molar refractivity (Wildman–Crippen MR) is 95.0 cm³/mol. The van der Waals surface area contributed by atoms with Gasteiger partial charge in [0.25, 0.3) is 0 Å². The predicted octanol–water partition coefficient (Wildman–Crippen LogP) is 2.71. The highest BCUT2D eigenvalue weighted by Crippen LogP contribution is 2.26. The number of ether oxygens (including phenoxy) is 1. The highest BCUT2D eigenvalue weighted by molar-refractivity contribution is 7.10. The molecule has 24 heavy (non-hydrogen) atoms. The van der Waals surface area contributed by atoms with Crippen LogP contribution in [0.5, 0.6) is 0 Å². The lowest BCUT2D eigenvalue weighted by Gasteiger charge is -2.37. The van der Waals surface area contributed by atoms with Crippen LogP contribution in [0.25, 0.3) is 0 Å². The zero-order valence-corrected chi connectivity index (χ0v) is 14.5. The van der Waals surface area contributed by atoms with Gasteiger partial charge in [0.2, 0.25) is 5.91 Å². The van der Waals surface area contributed by atoms with E-state index >= 15 is 0 Å². The van der Waals surface area contributed by atoms with Crippen molar-refractivity contribution in [2.24, 2.45) is 0 Å². The first-order valence-electron chi connectivity index (χ1n) is 8.51. The number of amides is 1. The molecular weight excluding hydrogens is 320 g/mol. The number of hydrogen-bond donors (Lipinski definition) is 0. The second-order valence-corrected chi connectivity index (χ2v) is 7.41. The van der Waals surface area contributed by atoms with E-state index in [2.05, 4.69) is 28.5 Å². The molecule has 1 fully saturated rings. The molecule has 0 saturated carbocycles. The minimum atomic E-state index is 0.172. The Kier molecular flexibility index (Phi) is 4.65.